The summed E-state index contributed by atoms with van der Waals surface area (Å²) in [5, 5.41) is 4.38. The summed E-state index contributed by atoms with van der Waals surface area (Å²) in [4.78, 5) is 24.8. The van der Waals surface area contributed by atoms with Gasteiger partial charge in [0.05, 0.1) is 18.6 Å². The molecule has 0 spiro atoms. The third-order valence-corrected chi connectivity index (χ3v) is 3.40. The lowest BCUT2D eigenvalue weighted by molar-refractivity contribution is -0.128. The van der Waals surface area contributed by atoms with Gasteiger partial charge in [-0.15, -0.1) is 0 Å². The predicted molar refractivity (Wildman–Crippen MR) is 63.6 cm³/mol. The monoisotopic (exact) mass is 249 g/mol. The van der Waals surface area contributed by atoms with E-state index >= 15 is 0 Å². The van der Waals surface area contributed by atoms with Crippen molar-refractivity contribution < 1.29 is 14.3 Å². The van der Waals surface area contributed by atoms with Crippen LogP contribution in [-0.4, -0.2) is 34.6 Å². The number of ketones is 1. The summed E-state index contributed by atoms with van der Waals surface area (Å²) in [6.07, 6.45) is 2.22. The lowest BCUT2D eigenvalue weighted by Crippen LogP contribution is -2.39. The van der Waals surface area contributed by atoms with Crippen molar-refractivity contribution in [1.29, 1.82) is 0 Å². The molecule has 1 amide bonds. The highest BCUT2D eigenvalue weighted by Crippen LogP contribution is 2.33. The van der Waals surface area contributed by atoms with E-state index in [9.17, 15) is 9.59 Å². The molecule has 2 aliphatic rings. The average molecular weight is 249 g/mol. The van der Waals surface area contributed by atoms with Crippen LogP contribution in [-0.2, 0) is 23.1 Å². The number of hydrogen-bond acceptors (Lipinski definition) is 4. The number of Topliss-reactive ketones (excluding diaryl/α,β-unsaturated/α-hetero) is 1. The first-order valence-electron chi connectivity index (χ1n) is 6.17. The number of rotatable bonds is 1. The lowest BCUT2D eigenvalue weighted by atomic mass is 10.1. The number of carbonyl (C=O) groups excluding carboxylic acids is 2. The number of hydrogen-bond donors (Lipinski definition) is 0. The first-order valence-corrected chi connectivity index (χ1v) is 6.17. The van der Waals surface area contributed by atoms with E-state index in [1.54, 1.807) is 9.58 Å². The van der Waals surface area contributed by atoms with Crippen LogP contribution in [0.4, 0.5) is 5.82 Å². The summed E-state index contributed by atoms with van der Waals surface area (Å²) in [5.41, 5.74) is 0.992. The number of aryl methyl sites for hydroxylation is 1. The smallest absolute Gasteiger partial charge is 0.235 e. The number of aromatic nitrogens is 2. The van der Waals surface area contributed by atoms with Crippen molar-refractivity contribution in [2.45, 2.75) is 25.7 Å². The van der Waals surface area contributed by atoms with E-state index in [0.29, 0.717) is 25.4 Å². The van der Waals surface area contributed by atoms with Crippen LogP contribution in [0, 0.1) is 0 Å². The maximum absolute atomic E-state index is 11.9. The largest absolute Gasteiger partial charge is 0.478 e. The highest BCUT2D eigenvalue weighted by molar-refractivity contribution is 6.08. The number of carbonyl (C=O) groups is 2. The molecule has 1 saturated heterocycles. The molecule has 0 N–H and O–H groups in total. The molecule has 6 heteroatoms. The van der Waals surface area contributed by atoms with Crippen LogP contribution in [0.2, 0.25) is 0 Å². The molecule has 3 heterocycles. The second kappa shape index (κ2) is 4.12. The number of fused-ring (bicyclic) bond motifs is 1. The van der Waals surface area contributed by atoms with Gasteiger partial charge in [0.2, 0.25) is 11.8 Å². The van der Waals surface area contributed by atoms with Crippen LogP contribution in [0.3, 0.4) is 0 Å². The molecule has 0 aromatic carbocycles. The van der Waals surface area contributed by atoms with Gasteiger partial charge in [-0.1, -0.05) is 0 Å². The van der Waals surface area contributed by atoms with E-state index in [1.165, 1.54) is 0 Å². The first kappa shape index (κ1) is 11.3. The topological polar surface area (TPSA) is 64.4 Å². The second-order valence-corrected chi connectivity index (χ2v) is 4.69. The normalized spacial score (nSPS) is 19.7. The van der Waals surface area contributed by atoms with Crippen molar-refractivity contribution in [3.8, 4) is 5.88 Å². The fourth-order valence-corrected chi connectivity index (χ4v) is 2.51. The molecular weight excluding hydrogens is 234 g/mol. The Morgan fingerprint density at radius 1 is 1.28 bits per heavy atom. The van der Waals surface area contributed by atoms with Crippen LogP contribution in [0.15, 0.2) is 0 Å². The van der Waals surface area contributed by atoms with E-state index < -0.39 is 0 Å². The minimum absolute atomic E-state index is 0.00773. The van der Waals surface area contributed by atoms with Gasteiger partial charge in [0.1, 0.15) is 5.78 Å². The molecule has 1 aromatic rings. The molecule has 18 heavy (non-hydrogen) atoms. The summed E-state index contributed by atoms with van der Waals surface area (Å²) in [7, 11) is 1.81. The van der Waals surface area contributed by atoms with Gasteiger partial charge in [-0.25, -0.2) is 4.68 Å². The highest BCUT2D eigenvalue weighted by Gasteiger charge is 2.31. The number of piperidine rings is 1. The Labute approximate surface area is 105 Å². The van der Waals surface area contributed by atoms with E-state index in [1.807, 2.05) is 7.05 Å². The molecular formula is C12H15N3O3. The average Bonchev–Trinajstić information content (AvgIpc) is 2.68. The van der Waals surface area contributed by atoms with Crippen molar-refractivity contribution >= 4 is 17.5 Å². The number of anilines is 1. The Hall–Kier alpha value is -1.85. The Balaban J connectivity index is 1.97. The maximum Gasteiger partial charge on any atom is 0.235 e. The summed E-state index contributed by atoms with van der Waals surface area (Å²) in [6.45, 7) is 1.12. The van der Waals surface area contributed by atoms with Gasteiger partial charge in [0.25, 0.3) is 0 Å². The van der Waals surface area contributed by atoms with Gasteiger partial charge >= 0.3 is 0 Å². The Bertz CT molecular complexity index is 521. The van der Waals surface area contributed by atoms with Crippen molar-refractivity contribution in [3.63, 3.8) is 0 Å². The SMILES string of the molecule is Cn1nc(N2CCC(=O)CC2=O)c2c1OCCC2. The van der Waals surface area contributed by atoms with Crippen LogP contribution >= 0.6 is 0 Å². The lowest BCUT2D eigenvalue weighted by Gasteiger charge is -2.25. The number of nitrogens with zero attached hydrogens (tertiary/aromatic N) is 3. The van der Waals surface area contributed by atoms with Crippen molar-refractivity contribution in [3.05, 3.63) is 5.56 Å². The van der Waals surface area contributed by atoms with Crippen LogP contribution in [0.5, 0.6) is 5.88 Å². The number of amides is 1. The molecule has 0 aliphatic carbocycles. The van der Waals surface area contributed by atoms with Crippen molar-refractivity contribution in [2.24, 2.45) is 7.05 Å². The van der Waals surface area contributed by atoms with E-state index in [-0.39, 0.29) is 18.1 Å². The molecule has 0 saturated carbocycles. The van der Waals surface area contributed by atoms with Gasteiger partial charge in [-0.05, 0) is 12.8 Å². The predicted octanol–water partition coefficient (Wildman–Crippen LogP) is 0.441. The van der Waals surface area contributed by atoms with Gasteiger partial charge in [-0.2, -0.15) is 5.10 Å². The Morgan fingerprint density at radius 3 is 2.89 bits per heavy atom. The molecule has 1 fully saturated rings. The fourth-order valence-electron chi connectivity index (χ4n) is 2.51. The molecule has 0 radical (unpaired) electrons. The third kappa shape index (κ3) is 1.68. The minimum atomic E-state index is -0.155. The van der Waals surface area contributed by atoms with E-state index in [0.717, 1.165) is 24.3 Å². The van der Waals surface area contributed by atoms with Crippen LogP contribution < -0.4 is 9.64 Å². The highest BCUT2D eigenvalue weighted by atomic mass is 16.5. The maximum atomic E-state index is 11.9. The first-order chi connectivity index (χ1) is 8.66. The van der Waals surface area contributed by atoms with E-state index in [2.05, 4.69) is 5.10 Å². The van der Waals surface area contributed by atoms with Gasteiger partial charge < -0.3 is 4.74 Å². The zero-order valence-corrected chi connectivity index (χ0v) is 10.3. The van der Waals surface area contributed by atoms with Gasteiger partial charge in [-0.3, -0.25) is 14.5 Å². The Morgan fingerprint density at radius 2 is 2.11 bits per heavy atom. The zero-order chi connectivity index (χ0) is 12.7. The molecule has 6 nitrogen and oxygen atoms in total. The standard InChI is InChI=1S/C12H15N3O3/c1-14-12-9(3-2-6-18-12)11(13-14)15-5-4-8(16)7-10(15)17/h2-7H2,1H3. The molecule has 2 aliphatic heterocycles. The molecule has 0 atom stereocenters. The molecule has 0 unspecified atom stereocenters. The van der Waals surface area contributed by atoms with Gasteiger partial charge in [0, 0.05) is 20.0 Å². The Kier molecular flexibility index (Phi) is 2.57. The third-order valence-electron chi connectivity index (χ3n) is 3.40. The fraction of sp³-hybridized carbons (Fsp3) is 0.583. The number of ether oxygens (including phenoxy) is 1. The summed E-state index contributed by atoms with van der Waals surface area (Å²) in [6, 6.07) is 0. The van der Waals surface area contributed by atoms with Crippen LogP contribution in [0.1, 0.15) is 24.8 Å². The summed E-state index contributed by atoms with van der Waals surface area (Å²) in [5.74, 6) is 1.28. The van der Waals surface area contributed by atoms with Crippen molar-refractivity contribution in [1.82, 2.24) is 9.78 Å². The molecule has 96 valence electrons. The summed E-state index contributed by atoms with van der Waals surface area (Å²) >= 11 is 0. The second-order valence-electron chi connectivity index (χ2n) is 4.69. The molecule has 1 aromatic heterocycles. The van der Waals surface area contributed by atoms with Crippen LogP contribution in [0.25, 0.3) is 0 Å². The quantitative estimate of drug-likeness (QED) is 0.677. The zero-order valence-electron chi connectivity index (χ0n) is 10.3. The van der Waals surface area contributed by atoms with Crippen molar-refractivity contribution in [2.75, 3.05) is 18.1 Å². The molecule has 3 rings (SSSR count). The van der Waals surface area contributed by atoms with Gasteiger partial charge in [0.15, 0.2) is 5.82 Å². The molecule has 0 bridgehead atoms. The summed E-state index contributed by atoms with van der Waals surface area (Å²) < 4.78 is 7.25. The van der Waals surface area contributed by atoms with E-state index in [4.69, 9.17) is 4.74 Å². The minimum Gasteiger partial charge on any atom is -0.478 e.